The van der Waals surface area contributed by atoms with E-state index < -0.39 is 20.5 Å². The van der Waals surface area contributed by atoms with E-state index in [9.17, 15) is 14.7 Å². The molecule has 10 aliphatic carbocycles. The fourth-order valence-electron chi connectivity index (χ4n) is 28.4. The molecular formula is C79H135N3O12Si. The van der Waals surface area contributed by atoms with Crippen molar-refractivity contribution in [2.24, 2.45) is 113 Å². The summed E-state index contributed by atoms with van der Waals surface area (Å²) in [4.78, 5) is 24.9. The summed E-state index contributed by atoms with van der Waals surface area (Å²) >= 11 is 0. The van der Waals surface area contributed by atoms with E-state index in [0.717, 1.165) is 83.0 Å². The molecular weight excluding hydrogens is 1210 g/mol. The maximum Gasteiger partial charge on any atom is 0.407 e. The number of ether oxygens (including phenoxy) is 8. The molecule has 4 unspecified atom stereocenters. The fraction of sp³-hybridized carbons (Fsp3) is 0.975. The maximum absolute atomic E-state index is 12.6. The molecule has 0 bridgehead atoms. The monoisotopic (exact) mass is 1350 g/mol. The summed E-state index contributed by atoms with van der Waals surface area (Å²) in [6, 6.07) is 3.45. The highest BCUT2D eigenvalue weighted by Crippen LogP contribution is 2.91. The number of carbonyl (C=O) groups excluding carboxylic acids is 2. The van der Waals surface area contributed by atoms with Gasteiger partial charge in [-0.2, -0.15) is 0 Å². The molecule has 14 aliphatic rings. The minimum absolute atomic E-state index is 0.0152. The number of aliphatic hydroxyl groups is 1. The summed E-state index contributed by atoms with van der Waals surface area (Å²) in [6.07, 6.45) is 20.8. The second-order valence-corrected chi connectivity index (χ2v) is 42.4. The van der Waals surface area contributed by atoms with Crippen molar-refractivity contribution >= 4 is 20.5 Å². The number of rotatable bonds is 15. The number of alkyl carbamates (subject to hydrolysis) is 2. The summed E-state index contributed by atoms with van der Waals surface area (Å²) in [7, 11) is 1.25. The Balaban J connectivity index is 0.000000174. The molecule has 0 aromatic rings. The van der Waals surface area contributed by atoms with E-state index in [1.807, 2.05) is 0 Å². The fourth-order valence-corrected chi connectivity index (χ4v) is 31.3. The predicted octanol–water partition coefficient (Wildman–Crippen LogP) is 15.6. The van der Waals surface area contributed by atoms with Gasteiger partial charge in [0, 0.05) is 44.6 Å². The van der Waals surface area contributed by atoms with Crippen LogP contribution in [0.15, 0.2) is 0 Å². The molecule has 4 heterocycles. The van der Waals surface area contributed by atoms with Gasteiger partial charge in [0.1, 0.15) is 12.2 Å². The van der Waals surface area contributed by atoms with Crippen molar-refractivity contribution in [1.82, 2.24) is 16.0 Å². The Kier molecular flexibility index (Phi) is 19.2. The SMILES string of the molecule is CC[Si](CC)(CC)O[C@H]1[C@H]2O[C@@H]([C@H](OC(=O)NC)C(C)C)C[C@@H](C)[C@@H]2[C@@]2(C)CC[C@@]34CC35CCC(O[C@H]3CCCCO3)C(C)(C)[C@@H]5CC[C@H]4[C@]12C.CNC(=O)O[C@H](C(C)C)[C@H]1C[C@@H](C)[C@H]2[C@H](O1)[C@H](O)[C@@]1(C)[C@@H]3CC[C@H]4C(C)(C)C(O[C@H]5CNCCO5)CCC45C[C@@]35CC[C@]21C. The molecule has 2 amide bonds. The maximum atomic E-state index is 12.6. The topological polar surface area (TPSA) is 174 Å². The van der Waals surface area contributed by atoms with Crippen LogP contribution in [-0.4, -0.2) is 140 Å². The zero-order chi connectivity index (χ0) is 68.2. The molecule has 95 heavy (non-hydrogen) atoms. The van der Waals surface area contributed by atoms with Crippen molar-refractivity contribution in [3.05, 3.63) is 0 Å². The quantitative estimate of drug-likeness (QED) is 0.0902. The summed E-state index contributed by atoms with van der Waals surface area (Å²) in [6.45, 7) is 44.2. The zero-order valence-electron chi connectivity index (χ0n) is 63.0. The van der Waals surface area contributed by atoms with E-state index in [-0.39, 0.29) is 118 Å². The molecule has 542 valence electrons. The summed E-state index contributed by atoms with van der Waals surface area (Å²) in [5.41, 5.74) is 1.71. The first-order chi connectivity index (χ1) is 44.9. The van der Waals surface area contributed by atoms with Crippen LogP contribution in [0.3, 0.4) is 0 Å². The average Bonchev–Trinajstić information content (AvgIpc) is 1.47. The largest absolute Gasteiger partial charge is 0.443 e. The van der Waals surface area contributed by atoms with Gasteiger partial charge in [-0.3, -0.25) is 0 Å². The lowest BCUT2D eigenvalue weighted by atomic mass is 9.41. The van der Waals surface area contributed by atoms with E-state index in [1.165, 1.54) is 83.5 Å². The van der Waals surface area contributed by atoms with Gasteiger partial charge >= 0.3 is 12.2 Å². The van der Waals surface area contributed by atoms with Crippen molar-refractivity contribution in [3.8, 4) is 0 Å². The zero-order valence-corrected chi connectivity index (χ0v) is 64.0. The molecule has 15 nitrogen and oxygen atoms in total. The van der Waals surface area contributed by atoms with Gasteiger partial charge in [0.15, 0.2) is 20.9 Å². The van der Waals surface area contributed by atoms with E-state index in [2.05, 4.69) is 134 Å². The first kappa shape index (κ1) is 71.8. The summed E-state index contributed by atoms with van der Waals surface area (Å²) < 4.78 is 60.0. The van der Waals surface area contributed by atoms with Crippen LogP contribution < -0.4 is 16.0 Å². The number of amides is 2. The standard InChI is InChI=1S/C43H75NO6Si.C36H60N2O6/c1-12-51(13-2,14-3)50-37-36-34(28(6)25-29(47-36)35(27(4)5)49-38(45)44-11)40(9)22-23-43-26-42(43)21-20-32(48-33-17-15-16-24-46-33)39(7,8)30(42)18-19-31(43)41(37,40)10;1-20(2)28(44-31(40)37-8)22-17-21(3)27-29(42-22)30(39)34(7)24-10-9-23-32(4,5)25(43-26-18-38-15-16-41-26)11-12-35(23)19-36(24,35)14-13-33(27,34)6/h27-37H,12-26H2,1-11H3,(H,44,45);20-30,38-39H,9-19H2,1-8H3,(H,37,40)/t28-,29-,30+,31+,32?,33+,34+,35-,36+,37+,40-,41-,42?,43+;21-,22-,23+,24+,25?,26+,27+,28-,29+,30+,33-,34-,35?,36+/m11/s1. The minimum atomic E-state index is -2.00. The number of aliphatic hydroxyl groups excluding tert-OH is 1. The lowest BCUT2D eigenvalue weighted by molar-refractivity contribution is -0.242. The van der Waals surface area contributed by atoms with Gasteiger partial charge < -0.3 is 63.4 Å². The van der Waals surface area contributed by atoms with Crippen LogP contribution in [-0.2, 0) is 42.3 Å². The highest BCUT2D eigenvalue weighted by molar-refractivity contribution is 6.73. The van der Waals surface area contributed by atoms with E-state index in [4.69, 9.17) is 42.3 Å². The molecule has 0 aromatic carbocycles. The molecule has 16 heteroatoms. The third kappa shape index (κ3) is 10.5. The molecule has 0 radical (unpaired) electrons. The molecule has 4 N–H and O–H groups in total. The Morgan fingerprint density at radius 1 is 0.568 bits per heavy atom. The lowest BCUT2D eigenvalue weighted by Gasteiger charge is -2.64. The normalized spacial score (nSPS) is 50.1. The first-order valence-corrected chi connectivity index (χ1v) is 42.1. The van der Waals surface area contributed by atoms with Crippen molar-refractivity contribution in [1.29, 1.82) is 0 Å². The Bertz CT molecular complexity index is 2760. The number of nitrogens with one attached hydrogen (secondary N) is 3. The van der Waals surface area contributed by atoms with Crippen molar-refractivity contribution < 1.29 is 57.0 Å². The van der Waals surface area contributed by atoms with Crippen LogP contribution >= 0.6 is 0 Å². The third-order valence-corrected chi connectivity index (χ3v) is 38.0. The van der Waals surface area contributed by atoms with Gasteiger partial charge in [0.25, 0.3) is 0 Å². The van der Waals surface area contributed by atoms with Gasteiger partial charge in [-0.25, -0.2) is 9.59 Å². The second-order valence-electron chi connectivity index (χ2n) is 37.7. The van der Waals surface area contributed by atoms with Crippen molar-refractivity contribution in [3.63, 3.8) is 0 Å². The van der Waals surface area contributed by atoms with Crippen LogP contribution in [0.5, 0.6) is 0 Å². The lowest BCUT2D eigenvalue weighted by Crippen LogP contribution is -2.61. The predicted molar refractivity (Wildman–Crippen MR) is 373 cm³/mol. The van der Waals surface area contributed by atoms with Gasteiger partial charge in [0.2, 0.25) is 0 Å². The highest BCUT2D eigenvalue weighted by Gasteiger charge is 2.87. The molecule has 14 rings (SSSR count). The van der Waals surface area contributed by atoms with E-state index >= 15 is 0 Å². The Hall–Kier alpha value is -1.60. The Labute approximate surface area is 575 Å². The first-order valence-electron chi connectivity index (χ1n) is 39.6. The summed E-state index contributed by atoms with van der Waals surface area (Å²) in [5.74, 6) is 4.37. The number of hydrogen-bond donors (Lipinski definition) is 4. The van der Waals surface area contributed by atoms with Gasteiger partial charge in [-0.15, -0.1) is 0 Å². The molecule has 0 aromatic heterocycles. The molecule has 10 saturated carbocycles. The second kappa shape index (κ2) is 25.4. The Morgan fingerprint density at radius 3 is 1.48 bits per heavy atom. The summed E-state index contributed by atoms with van der Waals surface area (Å²) in [5, 5.41) is 21.3. The minimum Gasteiger partial charge on any atom is -0.443 e. The van der Waals surface area contributed by atoms with Crippen molar-refractivity contribution in [2.45, 2.75) is 331 Å². The van der Waals surface area contributed by atoms with Crippen LogP contribution in [0.2, 0.25) is 18.1 Å². The van der Waals surface area contributed by atoms with E-state index in [0.29, 0.717) is 69.0 Å². The van der Waals surface area contributed by atoms with Gasteiger partial charge in [-0.1, -0.05) is 118 Å². The number of fused-ring (bicyclic) bond motifs is 8. The average molecular weight is 1350 g/mol. The smallest absolute Gasteiger partial charge is 0.407 e. The molecule has 4 saturated heterocycles. The Morgan fingerprint density at radius 2 is 1.02 bits per heavy atom. The van der Waals surface area contributed by atoms with Crippen LogP contribution in [0.4, 0.5) is 9.59 Å². The van der Waals surface area contributed by atoms with Crippen molar-refractivity contribution in [2.75, 3.05) is 40.4 Å². The molecule has 28 atom stereocenters. The molecule has 4 aliphatic heterocycles. The van der Waals surface area contributed by atoms with Crippen LogP contribution in [0.1, 0.15) is 240 Å². The third-order valence-electron chi connectivity index (χ3n) is 33.4. The number of carbonyl (C=O) groups is 2. The molecule has 14 fully saturated rings. The van der Waals surface area contributed by atoms with Crippen LogP contribution in [0, 0.1) is 113 Å². The van der Waals surface area contributed by atoms with E-state index in [1.54, 1.807) is 14.1 Å². The number of hydrogen-bond acceptors (Lipinski definition) is 13. The highest BCUT2D eigenvalue weighted by atomic mass is 28.4. The molecule has 4 spiro atoms. The van der Waals surface area contributed by atoms with Gasteiger partial charge in [0.05, 0.1) is 55.4 Å². The number of morpholine rings is 1. The van der Waals surface area contributed by atoms with Gasteiger partial charge in [-0.05, 0) is 243 Å². The van der Waals surface area contributed by atoms with Crippen LogP contribution in [0.25, 0.3) is 0 Å².